The van der Waals surface area contributed by atoms with E-state index in [4.69, 9.17) is 9.72 Å². The smallest absolute Gasteiger partial charge is 0.276 e. The highest BCUT2D eigenvalue weighted by molar-refractivity contribution is 7.19. The summed E-state index contributed by atoms with van der Waals surface area (Å²) in [5.74, 6) is 9.37. The van der Waals surface area contributed by atoms with Gasteiger partial charge in [0.25, 0.3) is 5.56 Å². The summed E-state index contributed by atoms with van der Waals surface area (Å²) in [5, 5.41) is 0. The van der Waals surface area contributed by atoms with Crippen molar-refractivity contribution in [1.29, 1.82) is 0 Å². The van der Waals surface area contributed by atoms with Crippen molar-refractivity contribution in [3.63, 3.8) is 0 Å². The average molecular weight is 460 g/mol. The van der Waals surface area contributed by atoms with Crippen molar-refractivity contribution < 1.29 is 4.74 Å². The predicted octanol–water partition coefficient (Wildman–Crippen LogP) is 4.77. The quantitative estimate of drug-likeness (QED) is 0.530. The van der Waals surface area contributed by atoms with E-state index in [1.807, 2.05) is 37.3 Å². The van der Waals surface area contributed by atoms with Crippen LogP contribution in [0.3, 0.4) is 0 Å². The van der Waals surface area contributed by atoms with Gasteiger partial charge in [-0.2, -0.15) is 0 Å². The molecule has 6 heteroatoms. The summed E-state index contributed by atoms with van der Waals surface area (Å²) in [6.45, 7) is 2.98. The summed E-state index contributed by atoms with van der Waals surface area (Å²) in [4.78, 5) is 21.4. The normalized spacial score (nSPS) is 25.0. The number of thiophene rings is 1. The summed E-state index contributed by atoms with van der Waals surface area (Å²) in [7, 11) is 2.25. The van der Waals surface area contributed by atoms with Crippen molar-refractivity contribution in [2.45, 2.75) is 57.6 Å². The zero-order valence-corrected chi connectivity index (χ0v) is 20.0. The lowest BCUT2D eigenvalue weighted by Gasteiger charge is -2.41. The number of likely N-dealkylation sites (tertiary alicyclic amines) is 1. The zero-order valence-electron chi connectivity index (χ0n) is 19.2. The van der Waals surface area contributed by atoms with E-state index in [1.165, 1.54) is 37.0 Å². The van der Waals surface area contributed by atoms with E-state index in [2.05, 4.69) is 23.8 Å². The highest BCUT2D eigenvalue weighted by Crippen LogP contribution is 2.38. The molecule has 0 amide bonds. The Bertz CT molecular complexity index is 1310. The average Bonchev–Trinajstić information content (AvgIpc) is 3.53. The van der Waals surface area contributed by atoms with Gasteiger partial charge < -0.3 is 9.64 Å². The van der Waals surface area contributed by atoms with Gasteiger partial charge in [0.15, 0.2) is 0 Å². The predicted molar refractivity (Wildman–Crippen MR) is 132 cm³/mol. The molecule has 3 aliphatic rings. The van der Waals surface area contributed by atoms with E-state index in [0.717, 1.165) is 53.2 Å². The fourth-order valence-corrected chi connectivity index (χ4v) is 6.09. The number of hydrogen-bond donors (Lipinski definition) is 0. The van der Waals surface area contributed by atoms with Gasteiger partial charge in [0.1, 0.15) is 22.4 Å². The molecule has 2 saturated carbocycles. The van der Waals surface area contributed by atoms with Crippen molar-refractivity contribution >= 4 is 21.6 Å². The molecule has 3 fully saturated rings. The number of ether oxygens (including phenoxy) is 1. The Hall–Kier alpha value is -2.62. The van der Waals surface area contributed by atoms with Crippen LogP contribution in [0.5, 0.6) is 5.75 Å². The van der Waals surface area contributed by atoms with Gasteiger partial charge in [-0.1, -0.05) is 11.8 Å². The Morgan fingerprint density at radius 1 is 1.12 bits per heavy atom. The third-order valence-electron chi connectivity index (χ3n) is 7.40. The maximum atomic E-state index is 13.3. The van der Waals surface area contributed by atoms with Crippen LogP contribution in [0.15, 0.2) is 35.1 Å². The fourth-order valence-electron chi connectivity index (χ4n) is 5.21. The van der Waals surface area contributed by atoms with Crippen LogP contribution in [0.25, 0.3) is 15.9 Å². The molecule has 2 aliphatic carbocycles. The van der Waals surface area contributed by atoms with Gasteiger partial charge in [-0.25, -0.2) is 4.98 Å². The summed E-state index contributed by atoms with van der Waals surface area (Å²) >= 11 is 1.45. The van der Waals surface area contributed by atoms with Crippen molar-refractivity contribution in [3.05, 3.63) is 51.4 Å². The molecule has 5 nitrogen and oxygen atoms in total. The summed E-state index contributed by atoms with van der Waals surface area (Å²) < 4.78 is 8.73. The second-order valence-electron chi connectivity index (χ2n) is 9.81. The largest absolute Gasteiger partial charge is 0.490 e. The summed E-state index contributed by atoms with van der Waals surface area (Å²) in [6, 6.07) is 10.6. The van der Waals surface area contributed by atoms with Crippen LogP contribution < -0.4 is 10.3 Å². The van der Waals surface area contributed by atoms with Crippen LogP contribution in [0, 0.1) is 30.6 Å². The lowest BCUT2D eigenvalue weighted by atomic mass is 9.76. The van der Waals surface area contributed by atoms with Crippen molar-refractivity contribution in [2.75, 3.05) is 13.6 Å². The Balaban J connectivity index is 1.23. The molecule has 3 atom stereocenters. The van der Waals surface area contributed by atoms with Gasteiger partial charge in [-0.05, 0) is 88.7 Å². The molecule has 2 aromatic heterocycles. The van der Waals surface area contributed by atoms with E-state index >= 15 is 0 Å². The SMILES string of the molecule is Cc1nc2cc(C#CC3CC3)sc2c(=O)n1-c1ccc(O[C@@H]2CCN(C)C3CC[C@@H]3C2)cc1. The maximum absolute atomic E-state index is 13.3. The number of fused-ring (bicyclic) bond motifs is 2. The lowest BCUT2D eigenvalue weighted by Crippen LogP contribution is -2.43. The third kappa shape index (κ3) is 4.09. The van der Waals surface area contributed by atoms with Crippen molar-refractivity contribution in [2.24, 2.45) is 11.8 Å². The van der Waals surface area contributed by atoms with E-state index in [-0.39, 0.29) is 11.7 Å². The maximum Gasteiger partial charge on any atom is 0.276 e. The lowest BCUT2D eigenvalue weighted by molar-refractivity contribution is 0.0854. The topological polar surface area (TPSA) is 47.4 Å². The first-order valence-corrected chi connectivity index (χ1v) is 12.9. The van der Waals surface area contributed by atoms with E-state index in [9.17, 15) is 4.79 Å². The minimum Gasteiger partial charge on any atom is -0.490 e. The Morgan fingerprint density at radius 3 is 2.67 bits per heavy atom. The molecule has 1 aliphatic heterocycles. The molecule has 0 N–H and O–H groups in total. The first kappa shape index (κ1) is 20.9. The van der Waals surface area contributed by atoms with Crippen LogP contribution >= 0.6 is 11.3 Å². The molecule has 6 rings (SSSR count). The molecule has 0 bridgehead atoms. The molecule has 33 heavy (non-hydrogen) atoms. The zero-order chi connectivity index (χ0) is 22.5. The second kappa shape index (κ2) is 8.30. The second-order valence-corrected chi connectivity index (χ2v) is 10.9. The molecule has 0 spiro atoms. The molecule has 1 saturated heterocycles. The molecule has 1 unspecified atom stereocenters. The molecule has 170 valence electrons. The summed E-state index contributed by atoms with van der Waals surface area (Å²) in [5.41, 5.74) is 1.53. The number of benzene rings is 1. The van der Waals surface area contributed by atoms with Gasteiger partial charge in [0.2, 0.25) is 0 Å². The van der Waals surface area contributed by atoms with Crippen molar-refractivity contribution in [3.8, 4) is 23.3 Å². The molecular weight excluding hydrogens is 430 g/mol. The number of aryl methyl sites for hydroxylation is 1. The Kier molecular flexibility index (Phi) is 5.27. The van der Waals surface area contributed by atoms with Crippen LogP contribution in [-0.4, -0.2) is 40.2 Å². The van der Waals surface area contributed by atoms with Crippen LogP contribution in [0.1, 0.15) is 49.2 Å². The van der Waals surface area contributed by atoms with Crippen LogP contribution in [-0.2, 0) is 0 Å². The number of hydrogen-bond acceptors (Lipinski definition) is 5. The van der Waals surface area contributed by atoms with E-state index < -0.39 is 0 Å². The first-order chi connectivity index (χ1) is 16.0. The number of aromatic nitrogens is 2. The van der Waals surface area contributed by atoms with E-state index in [1.54, 1.807) is 4.57 Å². The highest BCUT2D eigenvalue weighted by atomic mass is 32.1. The summed E-state index contributed by atoms with van der Waals surface area (Å²) in [6.07, 6.45) is 7.50. The Labute approximate surface area is 198 Å². The van der Waals surface area contributed by atoms with E-state index in [0.29, 0.717) is 16.4 Å². The third-order valence-corrected chi connectivity index (χ3v) is 8.43. The van der Waals surface area contributed by atoms with Gasteiger partial charge in [-0.3, -0.25) is 9.36 Å². The molecule has 3 heterocycles. The van der Waals surface area contributed by atoms with Gasteiger partial charge in [0, 0.05) is 18.5 Å². The molecular formula is C27H29N3O2S. The fraction of sp³-hybridized carbons (Fsp3) is 0.481. The highest BCUT2D eigenvalue weighted by Gasteiger charge is 2.38. The van der Waals surface area contributed by atoms with Gasteiger partial charge in [-0.15, -0.1) is 11.3 Å². The van der Waals surface area contributed by atoms with Gasteiger partial charge >= 0.3 is 0 Å². The first-order valence-electron chi connectivity index (χ1n) is 12.1. The monoisotopic (exact) mass is 459 g/mol. The molecule has 0 radical (unpaired) electrons. The van der Waals surface area contributed by atoms with Crippen molar-refractivity contribution in [1.82, 2.24) is 14.5 Å². The molecule has 1 aromatic carbocycles. The number of nitrogens with zero attached hydrogens (tertiary/aromatic N) is 3. The van der Waals surface area contributed by atoms with Gasteiger partial charge in [0.05, 0.1) is 16.1 Å². The van der Waals surface area contributed by atoms with Crippen LogP contribution in [0.2, 0.25) is 0 Å². The molecule has 3 aromatic rings. The van der Waals surface area contributed by atoms with Crippen LogP contribution in [0.4, 0.5) is 0 Å². The minimum absolute atomic E-state index is 0.0292. The Morgan fingerprint density at radius 2 is 1.94 bits per heavy atom. The number of rotatable bonds is 3. The minimum atomic E-state index is -0.0292. The standard InChI is InChI=1S/C27H29N3O2S/c1-17-28-24-16-23(11-5-18-3-4-18)33-26(24)27(31)30(17)20-7-9-21(10-8-20)32-22-13-14-29(2)25-12-6-19(25)15-22/h7-10,16,18-19,22,25H,3-4,6,12-15H2,1-2H3/t19-,22-,25?/m1/s1.